The maximum absolute atomic E-state index is 13.7. The van der Waals surface area contributed by atoms with Gasteiger partial charge in [0.2, 0.25) is 0 Å². The van der Waals surface area contributed by atoms with Crippen LogP contribution >= 0.6 is 38.6 Å². The monoisotopic (exact) mass is 382 g/mol. The Morgan fingerprint density at radius 1 is 1.29 bits per heavy atom. The van der Waals surface area contributed by atoms with E-state index in [1.54, 1.807) is 22.8 Å². The second kappa shape index (κ2) is 6.05. The van der Waals surface area contributed by atoms with Crippen molar-refractivity contribution in [1.29, 1.82) is 0 Å². The Balaban J connectivity index is 1.79. The molecule has 1 aromatic carbocycles. The van der Waals surface area contributed by atoms with Crippen molar-refractivity contribution in [1.82, 2.24) is 4.98 Å². The van der Waals surface area contributed by atoms with Crippen LogP contribution in [0.5, 0.6) is 0 Å². The lowest BCUT2D eigenvalue weighted by Gasteiger charge is -2.04. The molecule has 0 saturated carbocycles. The quantitative estimate of drug-likeness (QED) is 0.690. The molecule has 0 aliphatic rings. The summed E-state index contributed by atoms with van der Waals surface area (Å²) >= 11 is 6.12. The van der Waals surface area contributed by atoms with E-state index >= 15 is 0 Å². The van der Waals surface area contributed by atoms with Crippen LogP contribution in [0.15, 0.2) is 45.6 Å². The molecule has 1 amide bonds. The van der Waals surface area contributed by atoms with Gasteiger partial charge in [-0.15, -0.1) is 22.7 Å². The third kappa shape index (κ3) is 3.20. The molecule has 0 atom stereocenters. The van der Waals surface area contributed by atoms with Gasteiger partial charge in [-0.1, -0.05) is 22.0 Å². The smallest absolute Gasteiger partial charge is 0.275 e. The van der Waals surface area contributed by atoms with Crippen LogP contribution in [0.4, 0.5) is 10.1 Å². The van der Waals surface area contributed by atoms with Gasteiger partial charge in [0, 0.05) is 9.85 Å². The van der Waals surface area contributed by atoms with E-state index in [0.29, 0.717) is 4.47 Å². The molecule has 0 aliphatic heterocycles. The van der Waals surface area contributed by atoms with Crippen LogP contribution in [0.25, 0.3) is 9.88 Å². The molecule has 2 aromatic heterocycles. The van der Waals surface area contributed by atoms with Crippen LogP contribution in [0, 0.1) is 5.82 Å². The van der Waals surface area contributed by atoms with E-state index in [0.717, 1.165) is 9.88 Å². The number of hydrogen-bond donors (Lipinski definition) is 1. The number of thiazole rings is 1. The summed E-state index contributed by atoms with van der Waals surface area (Å²) < 4.78 is 14.3. The predicted molar refractivity (Wildman–Crippen MR) is 87.5 cm³/mol. The highest BCUT2D eigenvalue weighted by atomic mass is 79.9. The standard InChI is InChI=1S/C14H8BrFN2OS2/c15-8-3-4-10(9(16)6-8)17-13(19)11-7-21-14(18-11)12-2-1-5-20-12/h1-7H,(H,17,19). The summed E-state index contributed by atoms with van der Waals surface area (Å²) in [5.74, 6) is -0.915. The van der Waals surface area contributed by atoms with Crippen LogP contribution < -0.4 is 5.32 Å². The average molecular weight is 383 g/mol. The molecule has 0 fully saturated rings. The SMILES string of the molecule is O=C(Nc1ccc(Br)cc1F)c1csc(-c2cccs2)n1. The minimum atomic E-state index is -0.494. The maximum Gasteiger partial charge on any atom is 0.275 e. The number of rotatable bonds is 3. The van der Waals surface area contributed by atoms with E-state index in [4.69, 9.17) is 0 Å². The number of nitrogens with zero attached hydrogens (tertiary/aromatic N) is 1. The van der Waals surface area contributed by atoms with Gasteiger partial charge < -0.3 is 5.32 Å². The number of carbonyl (C=O) groups is 1. The summed E-state index contributed by atoms with van der Waals surface area (Å²) in [5, 5.41) is 6.93. The van der Waals surface area contributed by atoms with Crippen molar-refractivity contribution in [3.05, 3.63) is 57.1 Å². The second-order valence-corrected chi connectivity index (χ2v) is 6.81. The number of aromatic nitrogens is 1. The molecular formula is C14H8BrFN2OS2. The van der Waals surface area contributed by atoms with Crippen LogP contribution in [0.2, 0.25) is 0 Å². The fourth-order valence-electron chi connectivity index (χ4n) is 1.67. The lowest BCUT2D eigenvalue weighted by Crippen LogP contribution is -2.13. The molecule has 7 heteroatoms. The fraction of sp³-hybridized carbons (Fsp3) is 0. The highest BCUT2D eigenvalue weighted by Crippen LogP contribution is 2.28. The minimum absolute atomic E-state index is 0.133. The van der Waals surface area contributed by atoms with Crippen molar-refractivity contribution in [2.24, 2.45) is 0 Å². The zero-order valence-electron chi connectivity index (χ0n) is 10.5. The predicted octanol–water partition coefficient (Wildman–Crippen LogP) is 5.03. The van der Waals surface area contributed by atoms with Gasteiger partial charge in [-0.3, -0.25) is 4.79 Å². The summed E-state index contributed by atoms with van der Waals surface area (Å²) in [7, 11) is 0. The van der Waals surface area contributed by atoms with E-state index in [2.05, 4.69) is 26.2 Å². The van der Waals surface area contributed by atoms with Gasteiger partial charge >= 0.3 is 0 Å². The van der Waals surface area contributed by atoms with E-state index in [9.17, 15) is 9.18 Å². The van der Waals surface area contributed by atoms with Crippen LogP contribution in [-0.4, -0.2) is 10.9 Å². The van der Waals surface area contributed by atoms with Gasteiger partial charge in [0.05, 0.1) is 10.6 Å². The lowest BCUT2D eigenvalue weighted by molar-refractivity contribution is 0.102. The van der Waals surface area contributed by atoms with Crippen molar-refractivity contribution in [3.63, 3.8) is 0 Å². The van der Waals surface area contributed by atoms with Crippen LogP contribution in [0.3, 0.4) is 0 Å². The molecule has 0 bridgehead atoms. The van der Waals surface area contributed by atoms with E-state index < -0.39 is 11.7 Å². The van der Waals surface area contributed by atoms with Gasteiger partial charge in [0.1, 0.15) is 16.5 Å². The van der Waals surface area contributed by atoms with Gasteiger partial charge in [-0.05, 0) is 29.6 Å². The zero-order valence-corrected chi connectivity index (χ0v) is 13.7. The number of carbonyl (C=O) groups excluding carboxylic acids is 1. The highest BCUT2D eigenvalue weighted by molar-refractivity contribution is 9.10. The van der Waals surface area contributed by atoms with Gasteiger partial charge in [0.25, 0.3) is 5.91 Å². The zero-order chi connectivity index (χ0) is 14.8. The highest BCUT2D eigenvalue weighted by Gasteiger charge is 2.14. The first kappa shape index (κ1) is 14.4. The van der Waals surface area contributed by atoms with Crippen molar-refractivity contribution < 1.29 is 9.18 Å². The number of thiophene rings is 1. The number of nitrogens with one attached hydrogen (secondary N) is 1. The Morgan fingerprint density at radius 2 is 2.14 bits per heavy atom. The normalized spacial score (nSPS) is 10.6. The van der Waals surface area contributed by atoms with E-state index in [-0.39, 0.29) is 11.4 Å². The molecule has 0 saturated heterocycles. The molecule has 106 valence electrons. The first-order chi connectivity index (χ1) is 10.1. The largest absolute Gasteiger partial charge is 0.318 e. The molecule has 0 aliphatic carbocycles. The Labute approximate surface area is 136 Å². The van der Waals surface area contributed by atoms with Gasteiger partial charge in [-0.2, -0.15) is 0 Å². The van der Waals surface area contributed by atoms with Crippen molar-refractivity contribution in [3.8, 4) is 9.88 Å². The summed E-state index contributed by atoms with van der Waals surface area (Å²) in [4.78, 5) is 17.4. The van der Waals surface area contributed by atoms with Crippen LogP contribution in [-0.2, 0) is 0 Å². The van der Waals surface area contributed by atoms with E-state index in [1.807, 2.05) is 17.5 Å². The molecule has 2 heterocycles. The molecular weight excluding hydrogens is 375 g/mol. The third-order valence-corrected chi connectivity index (χ3v) is 5.02. The number of amides is 1. The van der Waals surface area contributed by atoms with Crippen molar-refractivity contribution in [2.45, 2.75) is 0 Å². The van der Waals surface area contributed by atoms with Gasteiger partial charge in [0.15, 0.2) is 0 Å². The first-order valence-electron chi connectivity index (χ1n) is 5.89. The topological polar surface area (TPSA) is 42.0 Å². The Hall–Kier alpha value is -1.57. The number of anilines is 1. The molecule has 3 aromatic rings. The second-order valence-electron chi connectivity index (χ2n) is 4.09. The summed E-state index contributed by atoms with van der Waals surface area (Å²) in [6.07, 6.45) is 0. The summed E-state index contributed by atoms with van der Waals surface area (Å²) in [5.41, 5.74) is 0.416. The van der Waals surface area contributed by atoms with Gasteiger partial charge in [-0.25, -0.2) is 9.37 Å². The Bertz CT molecular complexity index is 786. The molecule has 3 rings (SSSR count). The minimum Gasteiger partial charge on any atom is -0.318 e. The number of hydrogen-bond acceptors (Lipinski definition) is 4. The molecule has 0 spiro atoms. The van der Waals surface area contributed by atoms with Crippen molar-refractivity contribution in [2.75, 3.05) is 5.32 Å². The molecule has 1 N–H and O–H groups in total. The maximum atomic E-state index is 13.7. The first-order valence-corrected chi connectivity index (χ1v) is 8.44. The fourth-order valence-corrected chi connectivity index (χ4v) is 3.62. The van der Waals surface area contributed by atoms with Crippen molar-refractivity contribution >= 4 is 50.2 Å². The molecule has 21 heavy (non-hydrogen) atoms. The van der Waals surface area contributed by atoms with E-state index in [1.165, 1.54) is 23.5 Å². The number of halogens is 2. The Morgan fingerprint density at radius 3 is 2.86 bits per heavy atom. The molecule has 0 unspecified atom stereocenters. The third-order valence-electron chi connectivity index (χ3n) is 2.65. The molecule has 3 nitrogen and oxygen atoms in total. The lowest BCUT2D eigenvalue weighted by atomic mass is 10.3. The molecule has 0 radical (unpaired) electrons. The van der Waals surface area contributed by atoms with Crippen LogP contribution in [0.1, 0.15) is 10.5 Å². The average Bonchev–Trinajstić information content (AvgIpc) is 3.10. The summed E-state index contributed by atoms with van der Waals surface area (Å²) in [6, 6.07) is 8.34. The number of benzene rings is 1. The summed E-state index contributed by atoms with van der Waals surface area (Å²) in [6.45, 7) is 0. The Kier molecular flexibility index (Phi) is 4.14.